The summed E-state index contributed by atoms with van der Waals surface area (Å²) in [6.45, 7) is 0. The topological polar surface area (TPSA) is 126 Å². The third kappa shape index (κ3) is 4.41. The molecule has 2 aromatic carbocycles. The van der Waals surface area contributed by atoms with E-state index in [2.05, 4.69) is 10.6 Å². The van der Waals surface area contributed by atoms with Crippen LogP contribution in [0.4, 0.5) is 5.69 Å². The van der Waals surface area contributed by atoms with E-state index in [1.807, 2.05) is 0 Å². The smallest absolute Gasteiger partial charge is 0.442 e. The molecule has 0 radical (unpaired) electrons. The van der Waals surface area contributed by atoms with Crippen LogP contribution in [0.25, 0.3) is 5.69 Å². The van der Waals surface area contributed by atoms with Gasteiger partial charge in [-0.3, -0.25) is 9.32 Å². The average Bonchev–Trinajstić information content (AvgIpc) is 3.07. The summed E-state index contributed by atoms with van der Waals surface area (Å²) in [5.74, 6) is -0.775. The molecule has 144 valence electrons. The first-order chi connectivity index (χ1) is 13.5. The second-order valence-corrected chi connectivity index (χ2v) is 6.50. The van der Waals surface area contributed by atoms with Crippen molar-refractivity contribution in [1.82, 2.24) is 5.27 Å². The van der Waals surface area contributed by atoms with Gasteiger partial charge in [0.15, 0.2) is 0 Å². The van der Waals surface area contributed by atoms with Crippen molar-refractivity contribution in [2.45, 2.75) is 5.03 Å². The highest BCUT2D eigenvalue weighted by molar-refractivity contribution is 7.99. The van der Waals surface area contributed by atoms with Crippen molar-refractivity contribution >= 4 is 29.3 Å². The number of amides is 1. The molecule has 0 fully saturated rings. The molecule has 0 saturated carbocycles. The van der Waals surface area contributed by atoms with Gasteiger partial charge in [-0.15, -0.1) is 0 Å². The zero-order valence-corrected chi connectivity index (χ0v) is 15.5. The fourth-order valence-electron chi connectivity index (χ4n) is 2.32. The van der Waals surface area contributed by atoms with E-state index in [0.29, 0.717) is 17.1 Å². The first kappa shape index (κ1) is 19.2. The summed E-state index contributed by atoms with van der Waals surface area (Å²) in [4.78, 5) is 35.0. The number of aromatic amines is 1. The Morgan fingerprint density at radius 3 is 2.46 bits per heavy atom. The Labute approximate surface area is 162 Å². The Bertz CT molecular complexity index is 1040. The molecule has 1 heterocycles. The average molecular weight is 402 g/mol. The van der Waals surface area contributed by atoms with Crippen LogP contribution in [0, 0.1) is 0 Å². The number of nitrogens with zero attached hydrogens (tertiary/aromatic N) is 1. The van der Waals surface area contributed by atoms with Crippen molar-refractivity contribution in [2.75, 3.05) is 18.2 Å². The van der Waals surface area contributed by atoms with Gasteiger partial charge in [0.05, 0.1) is 18.4 Å². The van der Waals surface area contributed by atoms with E-state index < -0.39 is 11.6 Å². The number of benzene rings is 2. The zero-order chi connectivity index (χ0) is 20.1. The maximum absolute atomic E-state index is 12.2. The van der Waals surface area contributed by atoms with E-state index in [-0.39, 0.29) is 22.2 Å². The molecule has 0 unspecified atom stereocenters. The molecule has 0 aliphatic carbocycles. The summed E-state index contributed by atoms with van der Waals surface area (Å²) in [6.07, 6.45) is 0. The highest BCUT2D eigenvalue weighted by Gasteiger charge is 2.25. The molecule has 3 aromatic rings. The van der Waals surface area contributed by atoms with Crippen molar-refractivity contribution in [3.05, 3.63) is 64.5 Å². The number of hydrogen-bond acceptors (Lipinski definition) is 6. The summed E-state index contributed by atoms with van der Waals surface area (Å²) < 4.78 is 11.4. The van der Waals surface area contributed by atoms with Crippen LogP contribution >= 0.6 is 11.8 Å². The molecule has 0 bridgehead atoms. The minimum Gasteiger partial charge on any atom is -0.497 e. The second-order valence-electron chi connectivity index (χ2n) is 5.54. The lowest BCUT2D eigenvalue weighted by molar-refractivity contribution is -0.704. The van der Waals surface area contributed by atoms with Gasteiger partial charge >= 0.3 is 16.6 Å². The summed E-state index contributed by atoms with van der Waals surface area (Å²) in [5.41, 5.74) is 0.621. The minimum atomic E-state index is -1.05. The van der Waals surface area contributed by atoms with Crippen LogP contribution in [0.15, 0.2) is 62.9 Å². The highest BCUT2D eigenvalue weighted by Crippen LogP contribution is 2.15. The molecule has 3 rings (SSSR count). The Morgan fingerprint density at radius 1 is 1.18 bits per heavy atom. The molecule has 1 aromatic heterocycles. The van der Waals surface area contributed by atoms with Gasteiger partial charge in [0.25, 0.3) is 0 Å². The number of hydrogen-bond donors (Lipinski definition) is 3. The first-order valence-electron chi connectivity index (χ1n) is 8.02. The van der Waals surface area contributed by atoms with Crippen molar-refractivity contribution in [3.63, 3.8) is 0 Å². The quantitative estimate of drug-likeness (QED) is 0.405. The maximum Gasteiger partial charge on any atom is 0.442 e. The number of thioether (sulfide) groups is 1. The molecule has 10 heteroatoms. The number of aromatic nitrogens is 2. The molecular formula is C18H16N3O6S+. The highest BCUT2D eigenvalue weighted by atomic mass is 32.2. The zero-order valence-electron chi connectivity index (χ0n) is 14.7. The van der Waals surface area contributed by atoms with Crippen LogP contribution in [0.3, 0.4) is 0 Å². The van der Waals surface area contributed by atoms with Gasteiger partial charge in [0.1, 0.15) is 5.75 Å². The van der Waals surface area contributed by atoms with E-state index in [4.69, 9.17) is 14.4 Å². The molecule has 0 aliphatic rings. The van der Waals surface area contributed by atoms with Crippen LogP contribution in [0.2, 0.25) is 0 Å². The summed E-state index contributed by atoms with van der Waals surface area (Å²) in [5, 5.41) is 14.2. The fourth-order valence-corrected chi connectivity index (χ4v) is 3.09. The Balaban J connectivity index is 1.67. The third-order valence-electron chi connectivity index (χ3n) is 3.69. The van der Waals surface area contributed by atoms with Crippen molar-refractivity contribution in [3.8, 4) is 11.4 Å². The fraction of sp³-hybridized carbons (Fsp3) is 0.111. The SMILES string of the molecule is COc1ccc(-[n+]2[nH]oc(=O)c2SCC(=O)Nc2ccc(C(=O)O)cc2)cc1. The van der Waals surface area contributed by atoms with Gasteiger partial charge in [0, 0.05) is 17.8 Å². The van der Waals surface area contributed by atoms with Gasteiger partial charge in [-0.2, -0.15) is 0 Å². The van der Waals surface area contributed by atoms with E-state index in [9.17, 15) is 14.4 Å². The van der Waals surface area contributed by atoms with Crippen molar-refractivity contribution in [2.24, 2.45) is 0 Å². The monoisotopic (exact) mass is 402 g/mol. The Hall–Kier alpha value is -3.53. The number of aromatic carboxylic acids is 1. The summed E-state index contributed by atoms with van der Waals surface area (Å²) in [7, 11) is 1.55. The number of methoxy groups -OCH3 is 1. The van der Waals surface area contributed by atoms with E-state index in [1.54, 1.807) is 31.4 Å². The summed E-state index contributed by atoms with van der Waals surface area (Å²) >= 11 is 1.01. The number of anilines is 1. The molecule has 9 nitrogen and oxygen atoms in total. The molecule has 1 amide bonds. The van der Waals surface area contributed by atoms with E-state index >= 15 is 0 Å². The Kier molecular flexibility index (Phi) is 5.80. The second kappa shape index (κ2) is 8.44. The molecule has 0 spiro atoms. The van der Waals surface area contributed by atoms with Crippen molar-refractivity contribution in [1.29, 1.82) is 0 Å². The van der Waals surface area contributed by atoms with E-state index in [1.165, 1.54) is 28.9 Å². The predicted octanol–water partition coefficient (Wildman–Crippen LogP) is 1.68. The van der Waals surface area contributed by atoms with Gasteiger partial charge in [-0.05, 0) is 58.1 Å². The number of nitrogens with one attached hydrogen (secondary N) is 2. The number of H-pyrrole nitrogens is 1. The van der Waals surface area contributed by atoms with Gasteiger partial charge < -0.3 is 15.2 Å². The number of rotatable bonds is 7. The van der Waals surface area contributed by atoms with Gasteiger partial charge in [-0.1, -0.05) is 0 Å². The normalized spacial score (nSPS) is 10.5. The van der Waals surface area contributed by atoms with E-state index in [0.717, 1.165) is 11.8 Å². The first-order valence-corrected chi connectivity index (χ1v) is 9.00. The largest absolute Gasteiger partial charge is 0.497 e. The predicted molar refractivity (Wildman–Crippen MR) is 100 cm³/mol. The van der Waals surface area contributed by atoms with Crippen LogP contribution < -0.4 is 20.4 Å². The number of carboxylic acid groups (broad SMARTS) is 1. The minimum absolute atomic E-state index is 0.0422. The number of carbonyl (C=O) groups excluding carboxylic acids is 1. The lowest BCUT2D eigenvalue weighted by Crippen LogP contribution is -2.36. The standard InChI is InChI=1S/C18H15N3O6S/c1-26-14-8-6-13(7-9-14)21-16(18(25)27-20-21)28-10-15(22)19-12-4-2-11(3-5-12)17(23)24/h2-9H,10H2,1H3,(H2-,19,20,22,23,24,25)/p+1. The van der Waals surface area contributed by atoms with Crippen LogP contribution in [0.5, 0.6) is 5.75 Å². The molecule has 0 aliphatic heterocycles. The van der Waals surface area contributed by atoms with Gasteiger partial charge in [-0.25, -0.2) is 9.59 Å². The number of ether oxygens (including phenoxy) is 1. The molecular weight excluding hydrogens is 386 g/mol. The molecule has 3 N–H and O–H groups in total. The van der Waals surface area contributed by atoms with Crippen LogP contribution in [0.1, 0.15) is 10.4 Å². The molecule has 0 atom stereocenters. The number of carboxylic acids is 1. The number of carbonyl (C=O) groups is 2. The molecule has 28 heavy (non-hydrogen) atoms. The van der Waals surface area contributed by atoms with Crippen LogP contribution in [-0.4, -0.2) is 35.1 Å². The van der Waals surface area contributed by atoms with Crippen molar-refractivity contribution < 1.29 is 28.6 Å². The van der Waals surface area contributed by atoms with Gasteiger partial charge in [0.2, 0.25) is 11.6 Å². The Morgan fingerprint density at radius 2 is 1.86 bits per heavy atom. The summed E-state index contributed by atoms with van der Waals surface area (Å²) in [6, 6.07) is 12.7. The maximum atomic E-state index is 12.2. The van der Waals surface area contributed by atoms with Crippen LogP contribution in [-0.2, 0) is 4.79 Å². The third-order valence-corrected chi connectivity index (χ3v) is 4.72. The lowest BCUT2D eigenvalue weighted by Gasteiger charge is -2.04. The lowest BCUT2D eigenvalue weighted by atomic mass is 10.2. The molecule has 0 saturated heterocycles.